The van der Waals surface area contributed by atoms with Crippen molar-refractivity contribution in [2.75, 3.05) is 13.1 Å². The number of aliphatic hydroxyl groups is 1. The van der Waals surface area contributed by atoms with E-state index in [1.807, 2.05) is 0 Å². The summed E-state index contributed by atoms with van der Waals surface area (Å²) in [6.45, 7) is 8.78. The Bertz CT molecular complexity index is 412. The molecule has 0 saturated carbocycles. The first kappa shape index (κ1) is 15.5. The molecule has 1 aromatic carbocycles. The first-order chi connectivity index (χ1) is 9.55. The van der Waals surface area contributed by atoms with Crippen LogP contribution >= 0.6 is 0 Å². The standard InChI is InChI=1S/C18H29NO/c1-4-6-16-7-9-17(10-8-16)18(20)11-5-13-19(14-12-18)15(2)3/h7-10,15,20H,4-6,11-14H2,1-3H3. The molecule has 1 aromatic rings. The molecule has 0 aliphatic carbocycles. The zero-order valence-electron chi connectivity index (χ0n) is 13.2. The van der Waals surface area contributed by atoms with Gasteiger partial charge in [-0.25, -0.2) is 0 Å². The van der Waals surface area contributed by atoms with Crippen molar-refractivity contribution in [2.24, 2.45) is 0 Å². The molecule has 1 atom stereocenters. The van der Waals surface area contributed by atoms with E-state index in [0.717, 1.165) is 44.3 Å². The predicted octanol–water partition coefficient (Wildman–Crippen LogP) is 3.72. The van der Waals surface area contributed by atoms with E-state index in [0.29, 0.717) is 6.04 Å². The van der Waals surface area contributed by atoms with E-state index in [9.17, 15) is 5.11 Å². The Morgan fingerprint density at radius 2 is 1.85 bits per heavy atom. The van der Waals surface area contributed by atoms with E-state index in [-0.39, 0.29) is 0 Å². The summed E-state index contributed by atoms with van der Waals surface area (Å²) in [6, 6.07) is 9.21. The molecule has 2 rings (SSSR count). The molecule has 20 heavy (non-hydrogen) atoms. The van der Waals surface area contributed by atoms with Crippen molar-refractivity contribution < 1.29 is 5.11 Å². The van der Waals surface area contributed by atoms with Crippen LogP contribution in [0.25, 0.3) is 0 Å². The van der Waals surface area contributed by atoms with Crippen LogP contribution in [0.4, 0.5) is 0 Å². The second kappa shape index (κ2) is 6.73. The van der Waals surface area contributed by atoms with Crippen molar-refractivity contribution in [1.82, 2.24) is 4.90 Å². The average Bonchev–Trinajstić information content (AvgIpc) is 2.63. The highest BCUT2D eigenvalue weighted by atomic mass is 16.3. The molecule has 1 unspecified atom stereocenters. The van der Waals surface area contributed by atoms with Gasteiger partial charge in [0, 0.05) is 12.6 Å². The number of benzene rings is 1. The van der Waals surface area contributed by atoms with E-state index in [2.05, 4.69) is 49.9 Å². The third-order valence-electron chi connectivity index (χ3n) is 4.61. The van der Waals surface area contributed by atoms with Gasteiger partial charge in [0.05, 0.1) is 5.60 Å². The Kier molecular flexibility index (Phi) is 5.22. The van der Waals surface area contributed by atoms with Gasteiger partial charge in [0.25, 0.3) is 0 Å². The quantitative estimate of drug-likeness (QED) is 0.905. The summed E-state index contributed by atoms with van der Waals surface area (Å²) in [6.07, 6.45) is 5.10. The Balaban J connectivity index is 2.09. The highest BCUT2D eigenvalue weighted by Crippen LogP contribution is 2.33. The fourth-order valence-corrected chi connectivity index (χ4v) is 3.22. The molecular weight excluding hydrogens is 246 g/mol. The van der Waals surface area contributed by atoms with Crippen LogP contribution in [-0.4, -0.2) is 29.1 Å². The zero-order chi connectivity index (χ0) is 14.6. The lowest BCUT2D eigenvalue weighted by molar-refractivity contribution is 0.0204. The molecular formula is C18H29NO. The highest BCUT2D eigenvalue weighted by Gasteiger charge is 2.32. The normalized spacial score (nSPS) is 24.9. The number of nitrogens with zero attached hydrogens (tertiary/aromatic N) is 1. The molecule has 112 valence electrons. The molecule has 1 heterocycles. The molecule has 1 saturated heterocycles. The summed E-state index contributed by atoms with van der Waals surface area (Å²) in [5.41, 5.74) is 1.84. The van der Waals surface area contributed by atoms with E-state index in [1.165, 1.54) is 12.0 Å². The van der Waals surface area contributed by atoms with Gasteiger partial charge in [-0.1, -0.05) is 37.6 Å². The van der Waals surface area contributed by atoms with Gasteiger partial charge in [-0.15, -0.1) is 0 Å². The van der Waals surface area contributed by atoms with Crippen LogP contribution in [0.5, 0.6) is 0 Å². The average molecular weight is 275 g/mol. The van der Waals surface area contributed by atoms with Crippen molar-refractivity contribution >= 4 is 0 Å². The van der Waals surface area contributed by atoms with Crippen LogP contribution in [0.2, 0.25) is 0 Å². The van der Waals surface area contributed by atoms with Crippen LogP contribution in [0.15, 0.2) is 24.3 Å². The lowest BCUT2D eigenvalue weighted by Gasteiger charge is -2.28. The van der Waals surface area contributed by atoms with Gasteiger partial charge >= 0.3 is 0 Å². The summed E-state index contributed by atoms with van der Waals surface area (Å²) in [4.78, 5) is 2.48. The third kappa shape index (κ3) is 3.62. The summed E-state index contributed by atoms with van der Waals surface area (Å²) in [5, 5.41) is 11.0. The van der Waals surface area contributed by atoms with Gasteiger partial charge in [-0.3, -0.25) is 0 Å². The summed E-state index contributed by atoms with van der Waals surface area (Å²) >= 11 is 0. The van der Waals surface area contributed by atoms with Crippen LogP contribution in [0.1, 0.15) is 57.6 Å². The minimum absolute atomic E-state index is 0.573. The van der Waals surface area contributed by atoms with Gasteiger partial charge in [-0.05, 0) is 57.2 Å². The molecule has 0 aromatic heterocycles. The number of rotatable bonds is 4. The van der Waals surface area contributed by atoms with Crippen LogP contribution in [0, 0.1) is 0 Å². The summed E-state index contributed by atoms with van der Waals surface area (Å²) in [5.74, 6) is 0. The van der Waals surface area contributed by atoms with Gasteiger partial charge in [0.1, 0.15) is 0 Å². The molecule has 2 nitrogen and oxygen atoms in total. The Labute approximate surface area is 123 Å². The highest BCUT2D eigenvalue weighted by molar-refractivity contribution is 5.27. The van der Waals surface area contributed by atoms with Gasteiger partial charge < -0.3 is 10.0 Å². The monoisotopic (exact) mass is 275 g/mol. The lowest BCUT2D eigenvalue weighted by Crippen LogP contribution is -2.33. The van der Waals surface area contributed by atoms with Crippen LogP contribution in [-0.2, 0) is 12.0 Å². The summed E-state index contributed by atoms with van der Waals surface area (Å²) in [7, 11) is 0. The van der Waals surface area contributed by atoms with Crippen molar-refractivity contribution in [3.8, 4) is 0 Å². The fourth-order valence-electron chi connectivity index (χ4n) is 3.22. The Morgan fingerprint density at radius 1 is 1.15 bits per heavy atom. The summed E-state index contributed by atoms with van der Waals surface area (Å²) < 4.78 is 0. The maximum absolute atomic E-state index is 11.0. The lowest BCUT2D eigenvalue weighted by atomic mass is 9.86. The Morgan fingerprint density at radius 3 is 2.45 bits per heavy atom. The molecule has 0 bridgehead atoms. The van der Waals surface area contributed by atoms with Crippen molar-refractivity contribution in [1.29, 1.82) is 0 Å². The minimum atomic E-state index is -0.631. The molecule has 0 spiro atoms. The van der Waals surface area contributed by atoms with Crippen molar-refractivity contribution in [3.05, 3.63) is 35.4 Å². The number of likely N-dealkylation sites (tertiary alicyclic amines) is 1. The van der Waals surface area contributed by atoms with Gasteiger partial charge in [0.2, 0.25) is 0 Å². The fraction of sp³-hybridized carbons (Fsp3) is 0.667. The van der Waals surface area contributed by atoms with Crippen molar-refractivity contribution in [3.63, 3.8) is 0 Å². The van der Waals surface area contributed by atoms with E-state index in [4.69, 9.17) is 0 Å². The second-order valence-corrected chi connectivity index (χ2v) is 6.46. The molecule has 1 aliphatic rings. The molecule has 2 heteroatoms. The van der Waals surface area contributed by atoms with Gasteiger partial charge in [-0.2, -0.15) is 0 Å². The Hall–Kier alpha value is -0.860. The first-order valence-electron chi connectivity index (χ1n) is 8.11. The SMILES string of the molecule is CCCc1ccc(C2(O)CCCN(C(C)C)CC2)cc1. The second-order valence-electron chi connectivity index (χ2n) is 6.46. The van der Waals surface area contributed by atoms with E-state index in [1.54, 1.807) is 0 Å². The first-order valence-corrected chi connectivity index (χ1v) is 8.11. The molecule has 1 aliphatic heterocycles. The van der Waals surface area contributed by atoms with E-state index >= 15 is 0 Å². The van der Waals surface area contributed by atoms with E-state index < -0.39 is 5.60 Å². The maximum Gasteiger partial charge on any atom is 0.0909 e. The minimum Gasteiger partial charge on any atom is -0.385 e. The predicted molar refractivity (Wildman–Crippen MR) is 84.9 cm³/mol. The smallest absolute Gasteiger partial charge is 0.0909 e. The third-order valence-corrected chi connectivity index (χ3v) is 4.61. The molecule has 0 amide bonds. The topological polar surface area (TPSA) is 23.5 Å². The number of hydrogen-bond acceptors (Lipinski definition) is 2. The van der Waals surface area contributed by atoms with Gasteiger partial charge in [0.15, 0.2) is 0 Å². The number of aryl methyl sites for hydroxylation is 1. The van der Waals surface area contributed by atoms with Crippen LogP contribution < -0.4 is 0 Å². The largest absolute Gasteiger partial charge is 0.385 e. The maximum atomic E-state index is 11.0. The zero-order valence-corrected chi connectivity index (χ0v) is 13.2. The molecule has 0 radical (unpaired) electrons. The molecule has 1 fully saturated rings. The van der Waals surface area contributed by atoms with Crippen LogP contribution in [0.3, 0.4) is 0 Å². The number of hydrogen-bond donors (Lipinski definition) is 1. The van der Waals surface area contributed by atoms with Crippen molar-refractivity contribution in [2.45, 2.75) is 64.5 Å². The molecule has 1 N–H and O–H groups in total.